The normalized spacial score (nSPS) is 13.0. The van der Waals surface area contributed by atoms with Gasteiger partial charge in [0.05, 0.1) is 10.9 Å². The molecule has 0 saturated heterocycles. The van der Waals surface area contributed by atoms with E-state index in [0.717, 1.165) is 32.6 Å². The van der Waals surface area contributed by atoms with Crippen LogP contribution in [-0.4, -0.2) is 4.57 Å². The second-order valence-corrected chi connectivity index (χ2v) is 5.14. The first-order valence-corrected chi connectivity index (χ1v) is 6.76. The van der Waals surface area contributed by atoms with Gasteiger partial charge in [-0.25, -0.2) is 0 Å². The van der Waals surface area contributed by atoms with Crippen molar-refractivity contribution >= 4 is 45.5 Å². The maximum absolute atomic E-state index is 6.12. The molecule has 2 heteroatoms. The number of aromatic nitrogens is 1. The van der Waals surface area contributed by atoms with Crippen LogP contribution in [0, 0.1) is 0 Å². The largest absolute Gasteiger partial charge is 0.455 e. The third-order valence-corrected chi connectivity index (χ3v) is 4.16. The Morgan fingerprint density at radius 3 is 2.70 bits per heavy atom. The number of para-hydroxylation sites is 1. The number of benzene rings is 2. The third-order valence-electron chi connectivity index (χ3n) is 4.16. The minimum Gasteiger partial charge on any atom is -0.455 e. The van der Waals surface area contributed by atoms with Gasteiger partial charge >= 0.3 is 0 Å². The Labute approximate surface area is 116 Å². The van der Waals surface area contributed by atoms with Gasteiger partial charge in [-0.15, -0.1) is 0 Å². The van der Waals surface area contributed by atoms with E-state index < -0.39 is 0 Å². The Morgan fingerprint density at radius 1 is 1.10 bits per heavy atom. The summed E-state index contributed by atoms with van der Waals surface area (Å²) in [6, 6.07) is 12.5. The number of furan rings is 1. The number of fused-ring (bicyclic) bond motifs is 5. The van der Waals surface area contributed by atoms with Crippen molar-refractivity contribution in [3.63, 3.8) is 0 Å². The van der Waals surface area contributed by atoms with Crippen molar-refractivity contribution in [3.8, 4) is 0 Å². The van der Waals surface area contributed by atoms with Gasteiger partial charge in [0, 0.05) is 28.4 Å². The smallest absolute Gasteiger partial charge is 0.145 e. The SMILES string of the molecule is C=c1/c(=C\C)c2c3oc4ccccc4c3ccc2n1C. The van der Waals surface area contributed by atoms with E-state index in [2.05, 4.69) is 35.4 Å². The Balaban J connectivity index is 2.42. The summed E-state index contributed by atoms with van der Waals surface area (Å²) in [5.74, 6) is 0. The van der Waals surface area contributed by atoms with E-state index in [1.807, 2.05) is 32.2 Å². The summed E-state index contributed by atoms with van der Waals surface area (Å²) in [5, 5.41) is 5.68. The second-order valence-electron chi connectivity index (χ2n) is 5.14. The van der Waals surface area contributed by atoms with Crippen LogP contribution in [0.4, 0.5) is 0 Å². The topological polar surface area (TPSA) is 18.1 Å². The number of hydrogen-bond donors (Lipinski definition) is 0. The molecular weight excluding hydrogens is 246 g/mol. The average Bonchev–Trinajstić information content (AvgIpc) is 2.96. The Hall–Kier alpha value is -2.48. The maximum atomic E-state index is 6.12. The predicted molar refractivity (Wildman–Crippen MR) is 85.1 cm³/mol. The van der Waals surface area contributed by atoms with Crippen molar-refractivity contribution in [3.05, 3.63) is 47.0 Å². The van der Waals surface area contributed by atoms with Gasteiger partial charge in [-0.05, 0) is 25.1 Å². The van der Waals surface area contributed by atoms with Gasteiger partial charge in [0.1, 0.15) is 11.2 Å². The Bertz CT molecular complexity index is 1080. The van der Waals surface area contributed by atoms with Gasteiger partial charge in [-0.3, -0.25) is 0 Å². The Morgan fingerprint density at radius 2 is 1.90 bits per heavy atom. The van der Waals surface area contributed by atoms with E-state index in [9.17, 15) is 0 Å². The number of aryl methyl sites for hydroxylation is 1. The zero-order valence-corrected chi connectivity index (χ0v) is 11.6. The molecule has 0 saturated carbocycles. The van der Waals surface area contributed by atoms with Gasteiger partial charge in [-0.2, -0.15) is 0 Å². The molecule has 0 atom stereocenters. The minimum absolute atomic E-state index is 0.937. The number of nitrogens with zero attached hydrogens (tertiary/aromatic N) is 1. The number of rotatable bonds is 0. The highest BCUT2D eigenvalue weighted by atomic mass is 16.3. The monoisotopic (exact) mass is 261 g/mol. The molecule has 4 aromatic rings. The minimum atomic E-state index is 0.937. The van der Waals surface area contributed by atoms with E-state index in [-0.39, 0.29) is 0 Å². The van der Waals surface area contributed by atoms with Crippen molar-refractivity contribution in [2.24, 2.45) is 7.05 Å². The first kappa shape index (κ1) is 11.4. The molecule has 0 spiro atoms. The molecule has 0 aliphatic carbocycles. The van der Waals surface area contributed by atoms with E-state index >= 15 is 0 Å². The van der Waals surface area contributed by atoms with Crippen molar-refractivity contribution < 1.29 is 4.42 Å². The lowest BCUT2D eigenvalue weighted by atomic mass is 10.1. The highest BCUT2D eigenvalue weighted by molar-refractivity contribution is 6.14. The van der Waals surface area contributed by atoms with Gasteiger partial charge in [0.15, 0.2) is 0 Å². The molecule has 20 heavy (non-hydrogen) atoms. The van der Waals surface area contributed by atoms with Crippen LogP contribution >= 0.6 is 0 Å². The van der Waals surface area contributed by atoms with Crippen molar-refractivity contribution in [1.82, 2.24) is 4.57 Å². The molecule has 98 valence electrons. The van der Waals surface area contributed by atoms with Crippen LogP contribution in [0.1, 0.15) is 6.92 Å². The van der Waals surface area contributed by atoms with Crippen LogP contribution in [0.25, 0.3) is 45.5 Å². The molecule has 0 aliphatic heterocycles. The van der Waals surface area contributed by atoms with E-state index in [4.69, 9.17) is 4.42 Å². The van der Waals surface area contributed by atoms with E-state index in [1.54, 1.807) is 0 Å². The van der Waals surface area contributed by atoms with Crippen LogP contribution in [0.2, 0.25) is 0 Å². The quantitative estimate of drug-likeness (QED) is 0.475. The molecular formula is C18H15NO. The molecule has 0 unspecified atom stereocenters. The van der Waals surface area contributed by atoms with Gasteiger partial charge in [-0.1, -0.05) is 30.9 Å². The van der Waals surface area contributed by atoms with Crippen LogP contribution in [-0.2, 0) is 7.05 Å². The summed E-state index contributed by atoms with van der Waals surface area (Å²) >= 11 is 0. The van der Waals surface area contributed by atoms with Gasteiger partial charge in [0.25, 0.3) is 0 Å². The molecule has 2 nitrogen and oxygen atoms in total. The fourth-order valence-corrected chi connectivity index (χ4v) is 3.10. The van der Waals surface area contributed by atoms with Crippen molar-refractivity contribution in [1.29, 1.82) is 0 Å². The first-order chi connectivity index (χ1) is 9.72. The molecule has 4 rings (SSSR count). The van der Waals surface area contributed by atoms with Crippen LogP contribution in [0.5, 0.6) is 0 Å². The fourth-order valence-electron chi connectivity index (χ4n) is 3.10. The Kier molecular flexibility index (Phi) is 2.14. The lowest BCUT2D eigenvalue weighted by Crippen LogP contribution is -2.25. The molecule has 0 fully saturated rings. The summed E-state index contributed by atoms with van der Waals surface area (Å²) in [6.07, 6.45) is 2.11. The van der Waals surface area contributed by atoms with Gasteiger partial charge in [0.2, 0.25) is 0 Å². The molecule has 2 aromatic heterocycles. The average molecular weight is 261 g/mol. The van der Waals surface area contributed by atoms with Crippen LogP contribution in [0.15, 0.2) is 40.8 Å². The van der Waals surface area contributed by atoms with E-state index in [0.29, 0.717) is 0 Å². The molecule has 0 N–H and O–H groups in total. The summed E-state index contributed by atoms with van der Waals surface area (Å²) < 4.78 is 8.24. The lowest BCUT2D eigenvalue weighted by molar-refractivity contribution is 0.672. The third kappa shape index (κ3) is 1.23. The number of hydrogen-bond acceptors (Lipinski definition) is 1. The van der Waals surface area contributed by atoms with Crippen LogP contribution < -0.4 is 10.6 Å². The van der Waals surface area contributed by atoms with E-state index in [1.165, 1.54) is 10.8 Å². The fraction of sp³-hybridized carbons (Fsp3) is 0.111. The highest BCUT2D eigenvalue weighted by Gasteiger charge is 2.13. The highest BCUT2D eigenvalue weighted by Crippen LogP contribution is 2.32. The summed E-state index contributed by atoms with van der Waals surface area (Å²) in [4.78, 5) is 0. The maximum Gasteiger partial charge on any atom is 0.145 e. The molecule has 2 aromatic carbocycles. The zero-order valence-electron chi connectivity index (χ0n) is 11.6. The first-order valence-electron chi connectivity index (χ1n) is 6.76. The molecule has 0 bridgehead atoms. The molecule has 0 radical (unpaired) electrons. The molecule has 0 aliphatic rings. The zero-order chi connectivity index (χ0) is 13.9. The van der Waals surface area contributed by atoms with Gasteiger partial charge < -0.3 is 8.98 Å². The second kappa shape index (κ2) is 3.76. The molecule has 2 heterocycles. The summed E-state index contributed by atoms with van der Waals surface area (Å²) in [7, 11) is 2.05. The van der Waals surface area contributed by atoms with Crippen molar-refractivity contribution in [2.45, 2.75) is 6.92 Å². The standard InChI is InChI=1S/C18H15NO/c1-4-12-11(2)19(3)15-10-9-14-13-7-5-6-8-16(13)20-18(14)17(12)15/h4-10H,2H2,1,3H3/b12-4+. The van der Waals surface area contributed by atoms with Crippen molar-refractivity contribution in [2.75, 3.05) is 0 Å². The lowest BCUT2D eigenvalue weighted by Gasteiger charge is -1.96. The summed E-state index contributed by atoms with van der Waals surface area (Å²) in [6.45, 7) is 6.23. The molecule has 0 amide bonds. The predicted octanol–water partition coefficient (Wildman–Crippen LogP) is 3.29. The van der Waals surface area contributed by atoms with Crippen LogP contribution in [0.3, 0.4) is 0 Å². The summed E-state index contributed by atoms with van der Waals surface area (Å²) in [5.41, 5.74) is 3.06.